The molecule has 2 aromatic carbocycles. The number of aliphatic imine (C=N–C) groups is 1. The van der Waals surface area contributed by atoms with E-state index in [0.29, 0.717) is 17.0 Å². The van der Waals surface area contributed by atoms with Gasteiger partial charge in [0.2, 0.25) is 12.1 Å². The van der Waals surface area contributed by atoms with E-state index in [4.69, 9.17) is 21.0 Å². The van der Waals surface area contributed by atoms with Crippen molar-refractivity contribution >= 4 is 35.4 Å². The van der Waals surface area contributed by atoms with Gasteiger partial charge in [-0.15, -0.1) is 0 Å². The van der Waals surface area contributed by atoms with Crippen molar-refractivity contribution in [3.63, 3.8) is 0 Å². The first kappa shape index (κ1) is 21.4. The highest BCUT2D eigenvalue weighted by Gasteiger charge is 2.27. The Morgan fingerprint density at radius 1 is 1.13 bits per heavy atom. The third kappa shape index (κ3) is 5.18. The molecule has 8 nitrogen and oxygen atoms in total. The average Bonchev–Trinajstić information content (AvgIpc) is 2.91. The van der Waals surface area contributed by atoms with Crippen molar-refractivity contribution in [1.82, 2.24) is 5.32 Å². The molecule has 31 heavy (non-hydrogen) atoms. The lowest BCUT2D eigenvalue weighted by atomic mass is 10.0. The minimum atomic E-state index is -1.13. The lowest BCUT2D eigenvalue weighted by Crippen LogP contribution is -2.43. The summed E-state index contributed by atoms with van der Waals surface area (Å²) < 4.78 is 5.22. The molecule has 8 heteroatoms. The smallest absolute Gasteiger partial charge is 0.290 e. The molecular weight excluding hydrogens is 392 g/mol. The van der Waals surface area contributed by atoms with E-state index in [9.17, 15) is 4.79 Å². The standard InChI is InChI=1S/C23H22N6O2/c1-2-15(11-8-14-24)20(25)31-23(26)29-21-22(30)27-18-13-7-6-12-17(18)19(28-21)16-9-4-3-5-10-16/h2-14,21,24-25H,1H3,(H2,26,29)(H,27,30)/b11-8-,15-2-,24-14?,25-20?. The number of amidine groups is 1. The summed E-state index contributed by atoms with van der Waals surface area (Å²) in [6.45, 7) is 1.71. The Morgan fingerprint density at radius 3 is 2.55 bits per heavy atom. The first-order chi connectivity index (χ1) is 15.0. The van der Waals surface area contributed by atoms with E-state index in [0.717, 1.165) is 17.3 Å². The monoisotopic (exact) mass is 414 g/mol. The quantitative estimate of drug-likeness (QED) is 0.291. The predicted molar refractivity (Wildman–Crippen MR) is 122 cm³/mol. The third-order valence-electron chi connectivity index (χ3n) is 4.41. The number of anilines is 1. The van der Waals surface area contributed by atoms with E-state index < -0.39 is 18.1 Å². The molecule has 2 aromatic rings. The first-order valence-corrected chi connectivity index (χ1v) is 9.52. The highest BCUT2D eigenvalue weighted by Crippen LogP contribution is 2.23. The maximum atomic E-state index is 12.8. The van der Waals surface area contributed by atoms with Gasteiger partial charge in [0.1, 0.15) is 0 Å². The minimum Gasteiger partial charge on any atom is -0.407 e. The molecule has 1 unspecified atom stereocenters. The van der Waals surface area contributed by atoms with Crippen molar-refractivity contribution in [3.8, 4) is 0 Å². The number of hydrogen-bond donors (Lipinski definition) is 5. The fourth-order valence-corrected chi connectivity index (χ4v) is 2.95. The number of para-hydroxylation sites is 1. The SMILES string of the molecule is C/C=C(/C=C\C=N)C(=N)OC(=N)NC1N=C(c2ccccc2)c2ccccc2NC1=O. The number of hydrogen-bond acceptors (Lipinski definition) is 6. The summed E-state index contributed by atoms with van der Waals surface area (Å²) in [5.41, 5.74) is 3.19. The summed E-state index contributed by atoms with van der Waals surface area (Å²) in [5.74, 6) is -0.740. The van der Waals surface area contributed by atoms with Gasteiger partial charge >= 0.3 is 0 Å². The first-order valence-electron chi connectivity index (χ1n) is 9.52. The third-order valence-corrected chi connectivity index (χ3v) is 4.41. The molecular formula is C23H22N6O2. The van der Waals surface area contributed by atoms with E-state index in [-0.39, 0.29) is 5.90 Å². The van der Waals surface area contributed by atoms with E-state index >= 15 is 0 Å². The van der Waals surface area contributed by atoms with Crippen LogP contribution >= 0.6 is 0 Å². The highest BCUT2D eigenvalue weighted by molar-refractivity contribution is 6.19. The number of nitrogens with one attached hydrogen (secondary N) is 5. The Balaban J connectivity index is 1.86. The van der Waals surface area contributed by atoms with Gasteiger partial charge in [-0.1, -0.05) is 54.6 Å². The molecule has 3 rings (SSSR count). The second kappa shape index (κ2) is 9.93. The Morgan fingerprint density at radius 2 is 1.84 bits per heavy atom. The van der Waals surface area contributed by atoms with E-state index in [1.54, 1.807) is 19.1 Å². The van der Waals surface area contributed by atoms with Crippen LogP contribution in [0.15, 0.2) is 83.4 Å². The Bertz CT molecular complexity index is 1100. The minimum absolute atomic E-state index is 0.289. The predicted octanol–water partition coefficient (Wildman–Crippen LogP) is 3.47. The number of allylic oxidation sites excluding steroid dienone is 2. The lowest BCUT2D eigenvalue weighted by molar-refractivity contribution is -0.117. The number of carbonyl (C=O) groups is 1. The topological polar surface area (TPSA) is 134 Å². The average molecular weight is 414 g/mol. The van der Waals surface area contributed by atoms with Gasteiger partial charge in [-0.2, -0.15) is 0 Å². The normalized spacial score (nSPS) is 15.9. The molecule has 1 amide bonds. The zero-order valence-corrected chi connectivity index (χ0v) is 16.8. The van der Waals surface area contributed by atoms with Crippen molar-refractivity contribution in [2.75, 3.05) is 5.32 Å². The number of fused-ring (bicyclic) bond motifs is 1. The Kier molecular flexibility index (Phi) is 6.85. The molecule has 0 fully saturated rings. The van der Waals surface area contributed by atoms with Gasteiger partial charge in [0.25, 0.3) is 11.9 Å². The molecule has 1 atom stereocenters. The van der Waals surface area contributed by atoms with Crippen LogP contribution in [0.5, 0.6) is 0 Å². The number of amides is 1. The van der Waals surface area contributed by atoms with Gasteiger partial charge in [0.15, 0.2) is 0 Å². The van der Waals surface area contributed by atoms with Crippen LogP contribution in [0.3, 0.4) is 0 Å². The van der Waals surface area contributed by atoms with Crippen LogP contribution in [0.1, 0.15) is 18.1 Å². The Labute approximate surface area is 179 Å². The maximum Gasteiger partial charge on any atom is 0.290 e. The van der Waals surface area contributed by atoms with Crippen molar-refractivity contribution in [2.24, 2.45) is 4.99 Å². The zero-order valence-electron chi connectivity index (χ0n) is 16.8. The van der Waals surface area contributed by atoms with E-state index in [2.05, 4.69) is 15.6 Å². The van der Waals surface area contributed by atoms with Crippen LogP contribution in [0.4, 0.5) is 5.69 Å². The van der Waals surface area contributed by atoms with Gasteiger partial charge in [0, 0.05) is 22.9 Å². The molecule has 0 aliphatic carbocycles. The Hall–Kier alpha value is -4.33. The molecule has 1 heterocycles. The van der Waals surface area contributed by atoms with Gasteiger partial charge in [-0.3, -0.25) is 15.6 Å². The number of benzene rings is 2. The van der Waals surface area contributed by atoms with Crippen LogP contribution in [-0.2, 0) is 9.53 Å². The number of nitrogens with zero attached hydrogens (tertiary/aromatic N) is 1. The van der Waals surface area contributed by atoms with Crippen molar-refractivity contribution in [1.29, 1.82) is 16.2 Å². The number of rotatable bonds is 5. The van der Waals surface area contributed by atoms with E-state index in [1.165, 1.54) is 12.2 Å². The summed E-state index contributed by atoms with van der Waals surface area (Å²) in [6, 6.07) is 16.3. The van der Waals surface area contributed by atoms with Gasteiger partial charge in [-0.25, -0.2) is 4.99 Å². The number of benzodiazepines with no additional fused rings is 1. The van der Waals surface area contributed by atoms with Crippen molar-refractivity contribution in [3.05, 3.63) is 89.5 Å². The lowest BCUT2D eigenvalue weighted by Gasteiger charge is -2.15. The largest absolute Gasteiger partial charge is 0.407 e. The van der Waals surface area contributed by atoms with Gasteiger partial charge in [0.05, 0.1) is 11.4 Å². The fourth-order valence-electron chi connectivity index (χ4n) is 2.95. The fraction of sp³-hybridized carbons (Fsp3) is 0.0870. The second-order valence-corrected chi connectivity index (χ2v) is 6.46. The molecule has 0 saturated carbocycles. The summed E-state index contributed by atoms with van der Waals surface area (Å²) in [5, 5.41) is 28.6. The summed E-state index contributed by atoms with van der Waals surface area (Å²) >= 11 is 0. The number of ether oxygens (including phenoxy) is 1. The highest BCUT2D eigenvalue weighted by atomic mass is 16.5. The van der Waals surface area contributed by atoms with Crippen molar-refractivity contribution < 1.29 is 9.53 Å². The summed E-state index contributed by atoms with van der Waals surface area (Å²) in [6.07, 6.45) is 4.53. The van der Waals surface area contributed by atoms with Crippen LogP contribution in [0.2, 0.25) is 0 Å². The molecule has 0 radical (unpaired) electrons. The summed E-state index contributed by atoms with van der Waals surface area (Å²) in [4.78, 5) is 17.3. The maximum absolute atomic E-state index is 12.8. The van der Waals surface area contributed by atoms with E-state index in [1.807, 2.05) is 48.5 Å². The molecule has 0 bridgehead atoms. The molecule has 0 saturated heterocycles. The van der Waals surface area contributed by atoms with Crippen molar-refractivity contribution in [2.45, 2.75) is 13.1 Å². The van der Waals surface area contributed by atoms with Crippen LogP contribution in [0, 0.1) is 16.2 Å². The molecule has 0 aromatic heterocycles. The molecule has 0 spiro atoms. The summed E-state index contributed by atoms with van der Waals surface area (Å²) in [7, 11) is 0. The molecule has 1 aliphatic heterocycles. The van der Waals surface area contributed by atoms with Crippen LogP contribution < -0.4 is 10.6 Å². The molecule has 1 aliphatic rings. The second-order valence-electron chi connectivity index (χ2n) is 6.46. The molecule has 156 valence electrons. The zero-order chi connectivity index (χ0) is 22.2. The van der Waals surface area contributed by atoms with Crippen LogP contribution in [0.25, 0.3) is 0 Å². The number of carbonyl (C=O) groups excluding carboxylic acids is 1. The molecule has 5 N–H and O–H groups in total. The van der Waals surface area contributed by atoms with Gasteiger partial charge < -0.3 is 20.8 Å². The van der Waals surface area contributed by atoms with Gasteiger partial charge in [-0.05, 0) is 25.1 Å². The van der Waals surface area contributed by atoms with Crippen LogP contribution in [-0.4, -0.2) is 35.9 Å².